The van der Waals surface area contributed by atoms with Crippen LogP contribution in [0.2, 0.25) is 0 Å². The van der Waals surface area contributed by atoms with Crippen LogP contribution in [0.25, 0.3) is 0 Å². The standard InChI is InChI=1S/C20H30O4/c1-2-3-6-9-15(21)12-13-16-17-10-7-4-5-8-11-20(23)24-19(17)14-18(16)22/h4,7,12-13,16-19,22H,2-3,5-6,8-11,14H2,1H3/b7-4-,13-12+/t16-,17-,18-,19+/m1/s1. The topological polar surface area (TPSA) is 63.6 Å². The molecule has 0 amide bonds. The van der Waals surface area contributed by atoms with Crippen molar-refractivity contribution in [3.05, 3.63) is 24.3 Å². The first-order valence-electron chi connectivity index (χ1n) is 9.35. The number of carbonyl (C=O) groups is 2. The van der Waals surface area contributed by atoms with Crippen LogP contribution in [0.4, 0.5) is 0 Å². The maximum Gasteiger partial charge on any atom is 0.306 e. The molecule has 2 rings (SSSR count). The van der Waals surface area contributed by atoms with E-state index >= 15 is 0 Å². The van der Waals surface area contributed by atoms with E-state index in [1.165, 1.54) is 0 Å². The smallest absolute Gasteiger partial charge is 0.306 e. The molecule has 0 spiro atoms. The summed E-state index contributed by atoms with van der Waals surface area (Å²) in [5, 5.41) is 10.4. The molecule has 24 heavy (non-hydrogen) atoms. The van der Waals surface area contributed by atoms with E-state index in [-0.39, 0.29) is 29.7 Å². The first-order valence-corrected chi connectivity index (χ1v) is 9.35. The lowest BCUT2D eigenvalue weighted by Crippen LogP contribution is -2.25. The van der Waals surface area contributed by atoms with Gasteiger partial charge in [-0.15, -0.1) is 0 Å². The zero-order valence-electron chi connectivity index (χ0n) is 14.7. The van der Waals surface area contributed by atoms with Gasteiger partial charge in [0.2, 0.25) is 0 Å². The van der Waals surface area contributed by atoms with Crippen molar-refractivity contribution in [2.75, 3.05) is 0 Å². The number of allylic oxidation sites excluding steroid dienone is 3. The lowest BCUT2D eigenvalue weighted by atomic mass is 9.89. The lowest BCUT2D eigenvalue weighted by Gasteiger charge is -2.23. The van der Waals surface area contributed by atoms with Crippen molar-refractivity contribution in [3.63, 3.8) is 0 Å². The molecule has 0 bridgehead atoms. The van der Waals surface area contributed by atoms with Crippen LogP contribution in [-0.4, -0.2) is 29.1 Å². The summed E-state index contributed by atoms with van der Waals surface area (Å²) in [6.45, 7) is 2.11. The normalized spacial score (nSPS) is 32.3. The van der Waals surface area contributed by atoms with Gasteiger partial charge in [-0.2, -0.15) is 0 Å². The van der Waals surface area contributed by atoms with E-state index in [1.807, 2.05) is 6.08 Å². The number of carbonyl (C=O) groups excluding carboxylic acids is 2. The highest BCUT2D eigenvalue weighted by Gasteiger charge is 2.42. The zero-order valence-corrected chi connectivity index (χ0v) is 14.7. The summed E-state index contributed by atoms with van der Waals surface area (Å²) < 4.78 is 5.59. The maximum atomic E-state index is 11.9. The molecule has 0 saturated heterocycles. The average Bonchev–Trinajstić information content (AvgIpc) is 2.84. The van der Waals surface area contributed by atoms with E-state index in [0.717, 1.165) is 38.5 Å². The van der Waals surface area contributed by atoms with Crippen molar-refractivity contribution in [2.24, 2.45) is 11.8 Å². The Labute approximate surface area is 145 Å². The van der Waals surface area contributed by atoms with E-state index in [0.29, 0.717) is 19.3 Å². The minimum atomic E-state index is -0.554. The van der Waals surface area contributed by atoms with Gasteiger partial charge in [-0.1, -0.05) is 38.0 Å². The number of aliphatic hydroxyl groups excluding tert-OH is 1. The average molecular weight is 334 g/mol. The summed E-state index contributed by atoms with van der Waals surface area (Å²) in [5.41, 5.74) is 0. The van der Waals surface area contributed by atoms with Crippen molar-refractivity contribution >= 4 is 11.8 Å². The second-order valence-electron chi connectivity index (χ2n) is 6.95. The lowest BCUT2D eigenvalue weighted by molar-refractivity contribution is -0.151. The van der Waals surface area contributed by atoms with Gasteiger partial charge in [-0.25, -0.2) is 0 Å². The van der Waals surface area contributed by atoms with E-state index in [4.69, 9.17) is 4.74 Å². The molecule has 1 aliphatic heterocycles. The van der Waals surface area contributed by atoms with Crippen LogP contribution in [0.3, 0.4) is 0 Å². The third kappa shape index (κ3) is 5.59. The number of unbranched alkanes of at least 4 members (excludes halogenated alkanes) is 2. The number of fused-ring (bicyclic) bond motifs is 1. The van der Waals surface area contributed by atoms with Gasteiger partial charge in [-0.3, -0.25) is 9.59 Å². The summed E-state index contributed by atoms with van der Waals surface area (Å²) in [4.78, 5) is 23.8. The van der Waals surface area contributed by atoms with Crippen molar-refractivity contribution < 1.29 is 19.4 Å². The third-order valence-electron chi connectivity index (χ3n) is 5.03. The van der Waals surface area contributed by atoms with Gasteiger partial charge < -0.3 is 9.84 Å². The van der Waals surface area contributed by atoms with Gasteiger partial charge in [0.1, 0.15) is 6.10 Å². The number of ether oxygens (including phenoxy) is 1. The van der Waals surface area contributed by atoms with Gasteiger partial charge in [0.15, 0.2) is 5.78 Å². The molecule has 1 saturated carbocycles. The number of rotatable bonds is 6. The third-order valence-corrected chi connectivity index (χ3v) is 5.03. The number of esters is 1. The van der Waals surface area contributed by atoms with E-state index in [2.05, 4.69) is 19.1 Å². The molecule has 0 aromatic carbocycles. The zero-order chi connectivity index (χ0) is 17.4. The monoisotopic (exact) mass is 334 g/mol. The fourth-order valence-electron chi connectivity index (χ4n) is 3.63. The molecule has 134 valence electrons. The predicted octanol–water partition coefficient (Wildman–Crippen LogP) is 3.73. The van der Waals surface area contributed by atoms with Gasteiger partial charge >= 0.3 is 5.97 Å². The molecule has 0 unspecified atom stereocenters. The highest BCUT2D eigenvalue weighted by atomic mass is 16.5. The van der Waals surface area contributed by atoms with Crippen molar-refractivity contribution in [1.29, 1.82) is 0 Å². The SMILES string of the molecule is CCCCCC(=O)/C=C/[C@@H]1[C@H]2C/C=C\CCCC(=O)O[C@H]2C[C@H]1O. The molecule has 0 aromatic rings. The molecule has 1 fully saturated rings. The minimum Gasteiger partial charge on any atom is -0.462 e. The summed E-state index contributed by atoms with van der Waals surface area (Å²) in [6, 6.07) is 0. The Morgan fingerprint density at radius 1 is 1.38 bits per heavy atom. The van der Waals surface area contributed by atoms with Gasteiger partial charge in [0.25, 0.3) is 0 Å². The fourth-order valence-corrected chi connectivity index (χ4v) is 3.63. The highest BCUT2D eigenvalue weighted by Crippen LogP contribution is 2.38. The van der Waals surface area contributed by atoms with Gasteiger partial charge in [0, 0.05) is 31.1 Å². The molecular formula is C20H30O4. The molecule has 4 nitrogen and oxygen atoms in total. The highest BCUT2D eigenvalue weighted by molar-refractivity contribution is 5.89. The quantitative estimate of drug-likeness (QED) is 0.348. The number of aliphatic hydroxyl groups is 1. The van der Waals surface area contributed by atoms with Crippen LogP contribution in [0.1, 0.15) is 64.7 Å². The predicted molar refractivity (Wildman–Crippen MR) is 93.4 cm³/mol. The number of hydrogen-bond acceptors (Lipinski definition) is 4. The summed E-state index contributed by atoms with van der Waals surface area (Å²) in [6.07, 6.45) is 13.9. The Hall–Kier alpha value is -1.42. The summed E-state index contributed by atoms with van der Waals surface area (Å²) in [7, 11) is 0. The molecule has 4 atom stereocenters. The molecule has 0 aromatic heterocycles. The Kier molecular flexibility index (Phi) is 7.70. The minimum absolute atomic E-state index is 0.0537. The van der Waals surface area contributed by atoms with Crippen molar-refractivity contribution in [1.82, 2.24) is 0 Å². The molecule has 4 heteroatoms. The van der Waals surface area contributed by atoms with Crippen molar-refractivity contribution in [3.8, 4) is 0 Å². The fraction of sp³-hybridized carbons (Fsp3) is 0.700. The molecule has 1 heterocycles. The van der Waals surface area contributed by atoms with Gasteiger partial charge in [-0.05, 0) is 31.8 Å². The van der Waals surface area contributed by atoms with Crippen LogP contribution in [0.15, 0.2) is 24.3 Å². The van der Waals surface area contributed by atoms with Crippen LogP contribution in [-0.2, 0) is 14.3 Å². The largest absolute Gasteiger partial charge is 0.462 e. The van der Waals surface area contributed by atoms with E-state index < -0.39 is 6.10 Å². The van der Waals surface area contributed by atoms with E-state index in [9.17, 15) is 14.7 Å². The Balaban J connectivity index is 2.01. The molecular weight excluding hydrogens is 304 g/mol. The number of ketones is 1. The first kappa shape index (κ1) is 18.9. The van der Waals surface area contributed by atoms with Crippen LogP contribution in [0.5, 0.6) is 0 Å². The molecule has 0 radical (unpaired) electrons. The number of hydrogen-bond donors (Lipinski definition) is 1. The van der Waals surface area contributed by atoms with Crippen LogP contribution < -0.4 is 0 Å². The van der Waals surface area contributed by atoms with Crippen LogP contribution >= 0.6 is 0 Å². The molecule has 1 aliphatic carbocycles. The molecule has 1 N–H and O–H groups in total. The summed E-state index contributed by atoms with van der Waals surface area (Å²) in [5.74, 6) is -0.126. The Bertz CT molecular complexity index is 480. The second-order valence-corrected chi connectivity index (χ2v) is 6.95. The summed E-state index contributed by atoms with van der Waals surface area (Å²) >= 11 is 0. The molecule has 2 aliphatic rings. The Morgan fingerprint density at radius 3 is 3.00 bits per heavy atom. The Morgan fingerprint density at radius 2 is 2.21 bits per heavy atom. The maximum absolute atomic E-state index is 11.9. The van der Waals surface area contributed by atoms with E-state index in [1.54, 1.807) is 6.08 Å². The second kappa shape index (κ2) is 9.77. The van der Waals surface area contributed by atoms with Gasteiger partial charge in [0.05, 0.1) is 6.10 Å². The van der Waals surface area contributed by atoms with Crippen LogP contribution in [0, 0.1) is 11.8 Å². The first-order chi connectivity index (χ1) is 11.6. The van der Waals surface area contributed by atoms with Crippen molar-refractivity contribution in [2.45, 2.75) is 76.9 Å².